The molecule has 0 bridgehead atoms. The second-order valence-electron chi connectivity index (χ2n) is 6.70. The number of fused-ring (bicyclic) bond motifs is 1. The lowest BCUT2D eigenvalue weighted by Crippen LogP contribution is -2.25. The van der Waals surface area contributed by atoms with Crippen LogP contribution in [0.2, 0.25) is 0 Å². The highest BCUT2D eigenvalue weighted by atomic mass is 16.5. The van der Waals surface area contributed by atoms with E-state index in [1.165, 1.54) is 0 Å². The van der Waals surface area contributed by atoms with Crippen LogP contribution in [-0.2, 0) is 6.42 Å². The van der Waals surface area contributed by atoms with Crippen molar-refractivity contribution in [3.63, 3.8) is 0 Å². The molecule has 132 valence electrons. The summed E-state index contributed by atoms with van der Waals surface area (Å²) in [7, 11) is 2.09. The standard InChI is InChI=1S/C22H21NO3/c1-23-11-9-18(10-12-23)25-19-7-8-20-17(13-16-5-3-2-4-6-16)14-22(24)26-21(20)15-19/h2-9,14-15H,10-13H2,1H3. The molecule has 4 heteroatoms. The Morgan fingerprint density at radius 1 is 1.12 bits per heavy atom. The normalized spacial score (nSPS) is 15.0. The predicted molar refractivity (Wildman–Crippen MR) is 103 cm³/mol. The number of hydrogen-bond acceptors (Lipinski definition) is 4. The smallest absolute Gasteiger partial charge is 0.336 e. The number of hydrogen-bond donors (Lipinski definition) is 0. The maximum absolute atomic E-state index is 12.0. The Hall–Kier alpha value is -2.85. The van der Waals surface area contributed by atoms with Crippen LogP contribution in [0.4, 0.5) is 0 Å². The molecule has 0 amide bonds. The zero-order valence-corrected chi connectivity index (χ0v) is 14.8. The Kier molecular flexibility index (Phi) is 4.59. The van der Waals surface area contributed by atoms with Gasteiger partial charge >= 0.3 is 5.63 Å². The van der Waals surface area contributed by atoms with Crippen molar-refractivity contribution in [2.45, 2.75) is 12.8 Å². The first-order chi connectivity index (χ1) is 12.7. The van der Waals surface area contributed by atoms with Crippen LogP contribution in [0.5, 0.6) is 5.75 Å². The van der Waals surface area contributed by atoms with Crippen molar-refractivity contribution in [1.82, 2.24) is 4.90 Å². The quantitative estimate of drug-likeness (QED) is 0.670. The number of likely N-dealkylation sites (N-methyl/N-ethyl adjacent to an activating group) is 1. The summed E-state index contributed by atoms with van der Waals surface area (Å²) in [5, 5.41) is 0.943. The molecule has 2 aromatic carbocycles. The summed E-state index contributed by atoms with van der Waals surface area (Å²) < 4.78 is 11.4. The SMILES string of the molecule is CN1CC=C(Oc2ccc3c(Cc4ccccc4)cc(=O)oc3c2)CC1. The van der Waals surface area contributed by atoms with Gasteiger partial charge in [0.15, 0.2) is 0 Å². The van der Waals surface area contributed by atoms with Crippen LogP contribution < -0.4 is 10.4 Å². The fourth-order valence-corrected chi connectivity index (χ4v) is 3.23. The van der Waals surface area contributed by atoms with Crippen LogP contribution in [-0.4, -0.2) is 25.0 Å². The average molecular weight is 347 g/mol. The summed E-state index contributed by atoms with van der Waals surface area (Å²) in [6, 6.07) is 17.4. The van der Waals surface area contributed by atoms with E-state index in [9.17, 15) is 4.79 Å². The van der Waals surface area contributed by atoms with Gasteiger partial charge in [-0.2, -0.15) is 0 Å². The van der Waals surface area contributed by atoms with Gasteiger partial charge in [-0.1, -0.05) is 30.3 Å². The van der Waals surface area contributed by atoms with Crippen molar-refractivity contribution in [2.75, 3.05) is 20.1 Å². The summed E-state index contributed by atoms with van der Waals surface area (Å²) in [5.74, 6) is 1.67. The van der Waals surface area contributed by atoms with Gasteiger partial charge in [-0.15, -0.1) is 0 Å². The van der Waals surface area contributed by atoms with Gasteiger partial charge in [-0.3, -0.25) is 0 Å². The maximum Gasteiger partial charge on any atom is 0.336 e. The van der Waals surface area contributed by atoms with Gasteiger partial charge in [-0.05, 0) is 42.8 Å². The summed E-state index contributed by atoms with van der Waals surface area (Å²) in [6.45, 7) is 1.87. The highest BCUT2D eigenvalue weighted by Gasteiger charge is 2.12. The van der Waals surface area contributed by atoms with Gasteiger partial charge in [-0.25, -0.2) is 4.79 Å². The van der Waals surface area contributed by atoms with Crippen LogP contribution >= 0.6 is 0 Å². The Labute approximate surface area is 152 Å². The van der Waals surface area contributed by atoms with Crippen molar-refractivity contribution in [3.05, 3.63) is 88.0 Å². The van der Waals surface area contributed by atoms with E-state index >= 15 is 0 Å². The largest absolute Gasteiger partial charge is 0.462 e. The summed E-state index contributed by atoms with van der Waals surface area (Å²) in [6.07, 6.45) is 3.67. The highest BCUT2D eigenvalue weighted by molar-refractivity contribution is 5.82. The van der Waals surface area contributed by atoms with Gasteiger partial charge in [0, 0.05) is 37.0 Å². The summed E-state index contributed by atoms with van der Waals surface area (Å²) in [4.78, 5) is 14.2. The van der Waals surface area contributed by atoms with Crippen molar-refractivity contribution in [3.8, 4) is 5.75 Å². The average Bonchev–Trinajstić information content (AvgIpc) is 2.64. The van der Waals surface area contributed by atoms with Gasteiger partial charge in [0.05, 0.1) is 0 Å². The molecule has 2 heterocycles. The molecule has 26 heavy (non-hydrogen) atoms. The second kappa shape index (κ2) is 7.18. The molecular weight excluding hydrogens is 326 g/mol. The molecule has 0 saturated heterocycles. The topological polar surface area (TPSA) is 42.7 Å². The van der Waals surface area contributed by atoms with Gasteiger partial charge in [0.2, 0.25) is 0 Å². The number of ether oxygens (including phenoxy) is 1. The van der Waals surface area contributed by atoms with E-state index in [4.69, 9.17) is 9.15 Å². The second-order valence-corrected chi connectivity index (χ2v) is 6.70. The lowest BCUT2D eigenvalue weighted by molar-refractivity contribution is 0.302. The molecule has 3 aromatic rings. The fourth-order valence-electron chi connectivity index (χ4n) is 3.23. The first-order valence-corrected chi connectivity index (χ1v) is 8.83. The van der Waals surface area contributed by atoms with E-state index in [2.05, 4.69) is 30.2 Å². The molecule has 0 saturated carbocycles. The third-order valence-corrected chi connectivity index (χ3v) is 4.66. The molecular formula is C22H21NO3. The molecule has 1 aliphatic rings. The van der Waals surface area contributed by atoms with Gasteiger partial charge in [0.1, 0.15) is 17.1 Å². The summed E-state index contributed by atoms with van der Waals surface area (Å²) >= 11 is 0. The van der Waals surface area contributed by atoms with Crippen LogP contribution in [0.15, 0.2) is 75.6 Å². The molecule has 0 N–H and O–H groups in total. The minimum atomic E-state index is -0.334. The Morgan fingerprint density at radius 2 is 1.96 bits per heavy atom. The van der Waals surface area contributed by atoms with E-state index < -0.39 is 0 Å². The molecule has 1 aliphatic heterocycles. The van der Waals surface area contributed by atoms with E-state index in [0.717, 1.165) is 41.8 Å². The minimum Gasteiger partial charge on any atom is -0.462 e. The first-order valence-electron chi connectivity index (χ1n) is 8.83. The highest BCUT2D eigenvalue weighted by Crippen LogP contribution is 2.26. The Balaban J connectivity index is 1.65. The van der Waals surface area contributed by atoms with E-state index in [0.29, 0.717) is 17.8 Å². The third-order valence-electron chi connectivity index (χ3n) is 4.66. The minimum absolute atomic E-state index is 0.334. The van der Waals surface area contributed by atoms with Gasteiger partial charge < -0.3 is 14.1 Å². The van der Waals surface area contributed by atoms with Crippen molar-refractivity contribution < 1.29 is 9.15 Å². The van der Waals surface area contributed by atoms with Crippen molar-refractivity contribution >= 4 is 11.0 Å². The molecule has 1 aromatic heterocycles. The Morgan fingerprint density at radius 3 is 2.73 bits per heavy atom. The van der Waals surface area contributed by atoms with Crippen LogP contribution in [0.25, 0.3) is 11.0 Å². The molecule has 0 unspecified atom stereocenters. The van der Waals surface area contributed by atoms with Crippen molar-refractivity contribution in [2.24, 2.45) is 0 Å². The summed E-state index contributed by atoms with van der Waals surface area (Å²) in [5.41, 5.74) is 2.36. The molecule has 0 radical (unpaired) electrons. The van der Waals surface area contributed by atoms with E-state index in [1.54, 1.807) is 6.07 Å². The molecule has 4 rings (SSSR count). The number of nitrogens with zero attached hydrogens (tertiary/aromatic N) is 1. The lowest BCUT2D eigenvalue weighted by Gasteiger charge is -2.21. The van der Waals surface area contributed by atoms with Crippen LogP contribution in [0, 0.1) is 0 Å². The molecule has 0 aliphatic carbocycles. The molecule has 0 spiro atoms. The van der Waals surface area contributed by atoms with Crippen molar-refractivity contribution in [1.29, 1.82) is 0 Å². The number of rotatable bonds is 4. The van der Waals surface area contributed by atoms with Crippen LogP contribution in [0.3, 0.4) is 0 Å². The van der Waals surface area contributed by atoms with Crippen LogP contribution in [0.1, 0.15) is 17.5 Å². The maximum atomic E-state index is 12.0. The predicted octanol–water partition coefficient (Wildman–Crippen LogP) is 3.98. The van der Waals surface area contributed by atoms with E-state index in [-0.39, 0.29) is 5.63 Å². The lowest BCUT2D eigenvalue weighted by atomic mass is 10.0. The Bertz CT molecular complexity index is 1000. The first kappa shape index (κ1) is 16.6. The number of benzene rings is 2. The third kappa shape index (κ3) is 3.70. The monoisotopic (exact) mass is 347 g/mol. The molecule has 4 nitrogen and oxygen atoms in total. The zero-order valence-electron chi connectivity index (χ0n) is 14.8. The molecule has 0 atom stereocenters. The fraction of sp³-hybridized carbons (Fsp3) is 0.227. The zero-order chi connectivity index (χ0) is 17.9. The molecule has 0 fully saturated rings. The van der Waals surface area contributed by atoms with Gasteiger partial charge in [0.25, 0.3) is 0 Å². The van der Waals surface area contributed by atoms with E-state index in [1.807, 2.05) is 36.4 Å².